The Balaban J connectivity index is -0.000000863. The van der Waals surface area contributed by atoms with Crippen molar-refractivity contribution in [2.24, 2.45) is 0 Å². The van der Waals surface area contributed by atoms with Crippen molar-refractivity contribution in [1.82, 2.24) is 0 Å². The fraction of sp³-hybridized carbons (Fsp3) is 0.739. The Morgan fingerprint density at radius 3 is 0.784 bits per heavy atom. The number of nitrogens with zero attached hydrogens (tertiary/aromatic N) is 2. The number of unbranched alkanes of at least 4 members (excludes halogenated alkanes) is 22. The second-order valence-corrected chi connectivity index (χ2v) is 16.4. The monoisotopic (exact) mass is 815 g/mol. The van der Waals surface area contributed by atoms with Crippen LogP contribution in [0.4, 0.5) is 0 Å². The topological polar surface area (TPSA) is 0 Å². The molecule has 0 aliphatic carbocycles. The van der Waals surface area contributed by atoms with Crippen LogP contribution in [0.25, 0.3) is 0 Å². The molecule has 5 heteroatoms. The standard InChI is InChI=1S/C25H46N.C21H38N.BrH.2ClH/c1-4-5-6-7-8-9-10-11-12-13-14-15-16-20-23-26(2,3)24-25-21-18-17-19-22-25;1-4-5-6-7-8-9-10-11-12-16-19-22(2,3)20-21-17-14-13-15-18-21;;;/h17-19,21-22H,4-16,20,23-24H2,1-3H3;13-15,17-18H,4-12,16,19-20H2,1-3H3;3*1H/q2*+1;;;/p-2. The highest BCUT2D eigenvalue weighted by molar-refractivity contribution is 8.93. The Hall–Kier alpha value is -0.580. The van der Waals surface area contributed by atoms with Crippen LogP contribution in [-0.4, -0.2) is 50.2 Å². The molecule has 0 heterocycles. The summed E-state index contributed by atoms with van der Waals surface area (Å²) in [6, 6.07) is 21.8. The van der Waals surface area contributed by atoms with E-state index in [0.717, 1.165) is 22.1 Å². The summed E-state index contributed by atoms with van der Waals surface area (Å²) in [6.07, 6.45) is 34.4. The number of rotatable bonds is 30. The summed E-state index contributed by atoms with van der Waals surface area (Å²) in [5.74, 6) is 0. The van der Waals surface area contributed by atoms with Gasteiger partial charge in [0.25, 0.3) is 0 Å². The SMILES string of the molecule is Br.CCCCCCCCCCCCCCCC[N+](C)(C)Cc1ccccc1.CCCCCCCCCCCC[N+](C)(C)Cc1ccccc1.[Cl-].[Cl-]. The molecule has 0 aliphatic rings. The highest BCUT2D eigenvalue weighted by Crippen LogP contribution is 2.16. The van der Waals surface area contributed by atoms with Gasteiger partial charge >= 0.3 is 0 Å². The molecule has 0 aliphatic heterocycles. The predicted octanol–water partition coefficient (Wildman–Crippen LogP) is 8.51. The molecule has 0 amide bonds. The quantitative estimate of drug-likeness (QED) is 0.0549. The zero-order valence-corrected chi connectivity index (χ0v) is 37.9. The van der Waals surface area contributed by atoms with E-state index in [1.165, 1.54) is 178 Å². The van der Waals surface area contributed by atoms with Gasteiger partial charge in [-0.05, 0) is 25.7 Å². The van der Waals surface area contributed by atoms with Crippen LogP contribution in [-0.2, 0) is 13.1 Å². The smallest absolute Gasteiger partial charge is 0.104 e. The normalized spacial score (nSPS) is 11.1. The van der Waals surface area contributed by atoms with E-state index in [1.807, 2.05) is 0 Å². The first-order valence-electron chi connectivity index (χ1n) is 21.0. The molecule has 0 bridgehead atoms. The molecule has 0 aromatic heterocycles. The van der Waals surface area contributed by atoms with Crippen LogP contribution >= 0.6 is 17.0 Å². The molecule has 0 N–H and O–H groups in total. The van der Waals surface area contributed by atoms with Gasteiger partial charge in [0.15, 0.2) is 0 Å². The zero-order valence-electron chi connectivity index (χ0n) is 34.6. The lowest BCUT2D eigenvalue weighted by atomic mass is 10.0. The fourth-order valence-corrected chi connectivity index (χ4v) is 7.08. The van der Waals surface area contributed by atoms with Gasteiger partial charge in [0.2, 0.25) is 0 Å². The Kier molecular flexibility index (Phi) is 40.5. The molecular formula is C46H85BrCl2N2. The lowest BCUT2D eigenvalue weighted by Crippen LogP contribution is -3.00. The molecule has 2 nitrogen and oxygen atoms in total. The van der Waals surface area contributed by atoms with Crippen LogP contribution < -0.4 is 24.8 Å². The van der Waals surface area contributed by atoms with Gasteiger partial charge < -0.3 is 33.8 Å². The molecule has 0 saturated carbocycles. The average Bonchev–Trinajstić information content (AvgIpc) is 3.06. The Bertz CT molecular complexity index is 939. The zero-order chi connectivity index (χ0) is 35.0. The summed E-state index contributed by atoms with van der Waals surface area (Å²) in [7, 11) is 9.46. The molecule has 0 atom stereocenters. The van der Waals surface area contributed by atoms with Crippen LogP contribution in [0.5, 0.6) is 0 Å². The van der Waals surface area contributed by atoms with E-state index in [0.29, 0.717) is 0 Å². The van der Waals surface area contributed by atoms with Crippen molar-refractivity contribution >= 4 is 17.0 Å². The van der Waals surface area contributed by atoms with Crippen LogP contribution in [0.3, 0.4) is 0 Å². The Labute approximate surface area is 343 Å². The van der Waals surface area contributed by atoms with E-state index in [2.05, 4.69) is 103 Å². The summed E-state index contributed by atoms with van der Waals surface area (Å²) < 4.78 is 2.23. The van der Waals surface area contributed by atoms with Gasteiger partial charge in [0, 0.05) is 11.1 Å². The third kappa shape index (κ3) is 36.2. The van der Waals surface area contributed by atoms with Crippen LogP contribution in [0, 0.1) is 0 Å². The van der Waals surface area contributed by atoms with E-state index >= 15 is 0 Å². The molecule has 2 aromatic rings. The lowest BCUT2D eigenvalue weighted by molar-refractivity contribution is -0.903. The van der Waals surface area contributed by atoms with Crippen molar-refractivity contribution < 1.29 is 33.8 Å². The number of halogens is 3. The van der Waals surface area contributed by atoms with Crippen molar-refractivity contribution in [1.29, 1.82) is 0 Å². The molecular weight excluding hydrogens is 731 g/mol. The Morgan fingerprint density at radius 1 is 0.333 bits per heavy atom. The summed E-state index contributed by atoms with van der Waals surface area (Å²) in [4.78, 5) is 0. The van der Waals surface area contributed by atoms with Crippen molar-refractivity contribution in [3.63, 3.8) is 0 Å². The number of quaternary nitrogens is 2. The largest absolute Gasteiger partial charge is 1.00 e. The summed E-state index contributed by atoms with van der Waals surface area (Å²) in [5.41, 5.74) is 2.92. The fourth-order valence-electron chi connectivity index (χ4n) is 7.08. The van der Waals surface area contributed by atoms with Crippen LogP contribution in [0.15, 0.2) is 60.7 Å². The highest BCUT2D eigenvalue weighted by Gasteiger charge is 2.16. The highest BCUT2D eigenvalue weighted by atomic mass is 79.9. The van der Waals surface area contributed by atoms with Gasteiger partial charge in [0.1, 0.15) is 13.1 Å². The molecule has 0 spiro atoms. The maximum Gasteiger partial charge on any atom is 0.104 e. The third-order valence-electron chi connectivity index (χ3n) is 10.1. The molecule has 0 fully saturated rings. The van der Waals surface area contributed by atoms with E-state index in [1.54, 1.807) is 0 Å². The molecule has 2 rings (SSSR count). The molecule has 0 radical (unpaired) electrons. The van der Waals surface area contributed by atoms with E-state index in [-0.39, 0.29) is 41.8 Å². The Morgan fingerprint density at radius 2 is 0.549 bits per heavy atom. The second-order valence-electron chi connectivity index (χ2n) is 16.4. The minimum Gasteiger partial charge on any atom is -1.00 e. The van der Waals surface area contributed by atoms with Gasteiger partial charge in [-0.1, -0.05) is 203 Å². The van der Waals surface area contributed by atoms with Gasteiger partial charge in [-0.15, -0.1) is 17.0 Å². The summed E-state index contributed by atoms with van der Waals surface area (Å²) in [5, 5.41) is 0. The number of benzene rings is 2. The number of hydrogen-bond acceptors (Lipinski definition) is 0. The van der Waals surface area contributed by atoms with Crippen molar-refractivity contribution in [2.75, 3.05) is 41.3 Å². The minimum absolute atomic E-state index is 0. The summed E-state index contributed by atoms with van der Waals surface area (Å²) in [6.45, 7) is 9.48. The van der Waals surface area contributed by atoms with Gasteiger partial charge in [-0.25, -0.2) is 0 Å². The van der Waals surface area contributed by atoms with Crippen molar-refractivity contribution in [3.8, 4) is 0 Å². The predicted molar refractivity (Wildman–Crippen MR) is 227 cm³/mol. The van der Waals surface area contributed by atoms with E-state index < -0.39 is 0 Å². The van der Waals surface area contributed by atoms with Crippen LogP contribution in [0.1, 0.15) is 179 Å². The summed E-state index contributed by atoms with van der Waals surface area (Å²) >= 11 is 0. The minimum atomic E-state index is 0. The van der Waals surface area contributed by atoms with E-state index in [4.69, 9.17) is 0 Å². The molecule has 2 aromatic carbocycles. The average molecular weight is 817 g/mol. The molecule has 0 unspecified atom stereocenters. The third-order valence-corrected chi connectivity index (χ3v) is 10.1. The van der Waals surface area contributed by atoms with Gasteiger partial charge in [-0.3, -0.25) is 0 Å². The maximum absolute atomic E-state index is 2.37. The first kappa shape index (κ1) is 54.8. The van der Waals surface area contributed by atoms with Crippen molar-refractivity contribution in [3.05, 3.63) is 71.8 Å². The molecule has 0 saturated heterocycles. The molecule has 300 valence electrons. The van der Waals surface area contributed by atoms with Crippen LogP contribution in [0.2, 0.25) is 0 Å². The van der Waals surface area contributed by atoms with Crippen molar-refractivity contribution in [2.45, 2.75) is 181 Å². The molecule has 51 heavy (non-hydrogen) atoms. The second kappa shape index (κ2) is 37.7. The lowest BCUT2D eigenvalue weighted by Gasteiger charge is -2.30. The maximum atomic E-state index is 2.37. The first-order valence-corrected chi connectivity index (χ1v) is 21.0. The number of hydrogen-bond donors (Lipinski definition) is 0. The van der Waals surface area contributed by atoms with Gasteiger partial charge in [0.05, 0.1) is 41.3 Å². The van der Waals surface area contributed by atoms with Gasteiger partial charge in [-0.2, -0.15) is 0 Å². The first-order chi connectivity index (χ1) is 23.3. The van der Waals surface area contributed by atoms with E-state index in [9.17, 15) is 0 Å².